The van der Waals surface area contributed by atoms with Gasteiger partial charge < -0.3 is 4.74 Å². The third-order valence-electron chi connectivity index (χ3n) is 4.97. The van der Waals surface area contributed by atoms with Gasteiger partial charge >= 0.3 is 5.97 Å². The van der Waals surface area contributed by atoms with Crippen molar-refractivity contribution in [2.75, 3.05) is 6.54 Å². The Balaban J connectivity index is 1.31. The maximum Gasteiger partial charge on any atom is 0.306 e. The van der Waals surface area contributed by atoms with E-state index in [4.69, 9.17) is 16.3 Å². The largest absolute Gasteiger partial charge is 0.461 e. The average Bonchev–Trinajstić information content (AvgIpc) is 3.22. The molecule has 0 bridgehead atoms. The maximum absolute atomic E-state index is 12.2. The highest BCUT2D eigenvalue weighted by atomic mass is 35.5. The third-order valence-corrected chi connectivity index (χ3v) is 6.76. The number of aliphatic imine (C=N–C) groups is 1. The van der Waals surface area contributed by atoms with Gasteiger partial charge in [-0.3, -0.25) is 14.5 Å². The molecule has 0 unspecified atom stereocenters. The normalized spacial score (nSPS) is 15.4. The zero-order valence-electron chi connectivity index (χ0n) is 17.3. The molecule has 2 heterocycles. The predicted octanol–water partition coefficient (Wildman–Crippen LogP) is 3.40. The number of carbonyl (C=O) groups excluding carboxylic acids is 1. The number of carbonyl (C=O) groups is 1. The van der Waals surface area contributed by atoms with Crippen LogP contribution in [0.3, 0.4) is 0 Å². The van der Waals surface area contributed by atoms with Gasteiger partial charge in [0.2, 0.25) is 0 Å². The number of sulfonamides is 1. The number of halogens is 1. The van der Waals surface area contributed by atoms with Crippen LogP contribution in [0.5, 0.6) is 0 Å². The second-order valence-corrected chi connectivity index (χ2v) is 9.21. The van der Waals surface area contributed by atoms with E-state index in [0.29, 0.717) is 34.2 Å². The van der Waals surface area contributed by atoms with Crippen LogP contribution in [0.1, 0.15) is 29.7 Å². The Morgan fingerprint density at radius 3 is 2.66 bits per heavy atom. The van der Waals surface area contributed by atoms with Gasteiger partial charge in [-0.1, -0.05) is 41.9 Å². The number of para-hydroxylation sites is 1. The average molecular weight is 473 g/mol. The summed E-state index contributed by atoms with van der Waals surface area (Å²) in [6, 6.07) is 16.1. The van der Waals surface area contributed by atoms with Gasteiger partial charge in [0.1, 0.15) is 17.6 Å². The van der Waals surface area contributed by atoms with E-state index in [0.717, 1.165) is 5.69 Å². The lowest BCUT2D eigenvalue weighted by molar-refractivity contribution is -0.145. The molecule has 10 heteroatoms. The van der Waals surface area contributed by atoms with Crippen molar-refractivity contribution >= 4 is 33.4 Å². The van der Waals surface area contributed by atoms with Crippen molar-refractivity contribution in [3.63, 3.8) is 0 Å². The molecule has 0 fully saturated rings. The van der Waals surface area contributed by atoms with Gasteiger partial charge in [0, 0.05) is 24.1 Å². The van der Waals surface area contributed by atoms with Crippen LogP contribution >= 0.6 is 11.6 Å². The van der Waals surface area contributed by atoms with Gasteiger partial charge in [-0.2, -0.15) is 5.10 Å². The zero-order chi connectivity index (χ0) is 22.7. The van der Waals surface area contributed by atoms with Crippen molar-refractivity contribution in [2.45, 2.75) is 31.3 Å². The molecular formula is C22H21ClN4O4S. The number of aryl methyl sites for hydroxylation is 1. The van der Waals surface area contributed by atoms with Crippen molar-refractivity contribution in [2.24, 2.45) is 4.99 Å². The van der Waals surface area contributed by atoms with Crippen molar-refractivity contribution in [1.82, 2.24) is 14.5 Å². The Morgan fingerprint density at radius 1 is 1.16 bits per heavy atom. The molecule has 8 nitrogen and oxygen atoms in total. The molecule has 1 aromatic heterocycles. The Bertz CT molecular complexity index is 1290. The third kappa shape index (κ3) is 4.53. The standard InChI is InChI=1S/C22H21ClN4O4S/c1-15-18(21(23)27(25-15)16-8-3-2-4-9-16)14-31-20(28)12-7-13-24-22-17-10-5-6-11-19(17)32(29,30)26-22/h2-6,8-11H,7,12-14H2,1H3,(H,24,26). The van der Waals surface area contributed by atoms with Crippen molar-refractivity contribution < 1.29 is 17.9 Å². The van der Waals surface area contributed by atoms with Crippen molar-refractivity contribution in [3.8, 4) is 5.69 Å². The first-order valence-corrected chi connectivity index (χ1v) is 11.8. The summed E-state index contributed by atoms with van der Waals surface area (Å²) in [6.07, 6.45) is 0.566. The summed E-state index contributed by atoms with van der Waals surface area (Å²) in [7, 11) is -3.57. The van der Waals surface area contributed by atoms with Crippen LogP contribution < -0.4 is 4.72 Å². The Kier molecular flexibility index (Phi) is 6.29. The summed E-state index contributed by atoms with van der Waals surface area (Å²) in [4.78, 5) is 16.7. The van der Waals surface area contributed by atoms with Crippen LogP contribution in [0.2, 0.25) is 5.15 Å². The molecule has 0 spiro atoms. The van der Waals surface area contributed by atoms with Gasteiger partial charge in [-0.25, -0.2) is 13.1 Å². The molecular weight excluding hydrogens is 452 g/mol. The molecule has 0 atom stereocenters. The van der Waals surface area contributed by atoms with Gasteiger partial charge in [-0.15, -0.1) is 0 Å². The lowest BCUT2D eigenvalue weighted by atomic mass is 10.2. The highest BCUT2D eigenvalue weighted by molar-refractivity contribution is 7.90. The highest BCUT2D eigenvalue weighted by Gasteiger charge is 2.29. The summed E-state index contributed by atoms with van der Waals surface area (Å²) >= 11 is 6.45. The Labute approximate surface area is 190 Å². The number of ether oxygens (including phenoxy) is 1. The first-order valence-electron chi connectivity index (χ1n) is 9.98. The molecule has 0 radical (unpaired) electrons. The minimum Gasteiger partial charge on any atom is -0.461 e. The number of hydrogen-bond acceptors (Lipinski definition) is 6. The minimum absolute atomic E-state index is 0.0258. The summed E-state index contributed by atoms with van der Waals surface area (Å²) in [6.45, 7) is 2.12. The molecule has 0 amide bonds. The SMILES string of the molecule is Cc1nn(-c2ccccc2)c(Cl)c1COC(=O)CCCN=C1NS(=O)(=O)c2ccccc21. The fraction of sp³-hybridized carbons (Fsp3) is 0.227. The summed E-state index contributed by atoms with van der Waals surface area (Å²) in [5.74, 6) is -0.0924. The quantitative estimate of drug-likeness (QED) is 0.419. The number of esters is 1. The number of rotatable bonds is 7. The predicted molar refractivity (Wildman–Crippen MR) is 121 cm³/mol. The van der Waals surface area contributed by atoms with Crippen molar-refractivity contribution in [3.05, 3.63) is 76.6 Å². The molecule has 0 saturated carbocycles. The van der Waals surface area contributed by atoms with Crippen LogP contribution in [0.25, 0.3) is 5.69 Å². The van der Waals surface area contributed by atoms with E-state index in [9.17, 15) is 13.2 Å². The van der Waals surface area contributed by atoms with Gasteiger partial charge in [0.05, 0.1) is 16.3 Å². The highest BCUT2D eigenvalue weighted by Crippen LogP contribution is 2.24. The van der Waals surface area contributed by atoms with Crippen LogP contribution in [0, 0.1) is 6.92 Å². The van der Waals surface area contributed by atoms with Crippen LogP contribution in [-0.2, 0) is 26.2 Å². The molecule has 0 aliphatic carbocycles. The first kappa shape index (κ1) is 22.0. The lowest BCUT2D eigenvalue weighted by Gasteiger charge is -2.05. The summed E-state index contributed by atoms with van der Waals surface area (Å²) in [5.41, 5.74) is 2.70. The van der Waals surface area contributed by atoms with E-state index >= 15 is 0 Å². The number of nitrogens with one attached hydrogen (secondary N) is 1. The number of amidine groups is 1. The van der Waals surface area contributed by atoms with E-state index in [1.54, 1.807) is 22.9 Å². The number of benzene rings is 2. The molecule has 2 aromatic carbocycles. The first-order chi connectivity index (χ1) is 15.4. The molecule has 32 heavy (non-hydrogen) atoms. The minimum atomic E-state index is -3.57. The van der Waals surface area contributed by atoms with Crippen LogP contribution in [-0.4, -0.2) is 36.5 Å². The van der Waals surface area contributed by atoms with Gasteiger partial charge in [0.25, 0.3) is 10.0 Å². The smallest absolute Gasteiger partial charge is 0.306 e. The molecule has 0 saturated heterocycles. The monoisotopic (exact) mass is 472 g/mol. The maximum atomic E-state index is 12.2. The molecule has 3 aromatic rings. The van der Waals surface area contributed by atoms with E-state index < -0.39 is 10.0 Å². The number of aromatic nitrogens is 2. The van der Waals surface area contributed by atoms with E-state index in [2.05, 4.69) is 14.8 Å². The van der Waals surface area contributed by atoms with Crippen LogP contribution in [0.4, 0.5) is 0 Å². The second-order valence-electron chi connectivity index (χ2n) is 7.20. The van der Waals surface area contributed by atoms with E-state index in [1.807, 2.05) is 37.3 Å². The summed E-state index contributed by atoms with van der Waals surface area (Å²) in [5, 5.41) is 4.83. The topological polar surface area (TPSA) is 103 Å². The molecule has 4 rings (SSSR count). The van der Waals surface area contributed by atoms with Crippen molar-refractivity contribution in [1.29, 1.82) is 0 Å². The molecule has 1 aliphatic rings. The van der Waals surface area contributed by atoms with Gasteiger partial charge in [-0.05, 0) is 37.6 Å². The van der Waals surface area contributed by atoms with Gasteiger partial charge in [0.15, 0.2) is 0 Å². The lowest BCUT2D eigenvalue weighted by Crippen LogP contribution is -2.22. The van der Waals surface area contributed by atoms with Crippen LogP contribution in [0.15, 0.2) is 64.5 Å². The molecule has 166 valence electrons. The number of nitrogens with zero attached hydrogens (tertiary/aromatic N) is 3. The molecule has 1 N–H and O–H groups in total. The zero-order valence-corrected chi connectivity index (χ0v) is 18.9. The second kappa shape index (κ2) is 9.13. The molecule has 1 aliphatic heterocycles. The number of hydrogen-bond donors (Lipinski definition) is 1. The summed E-state index contributed by atoms with van der Waals surface area (Å²) < 4.78 is 33.6. The van der Waals surface area contributed by atoms with E-state index in [-0.39, 0.29) is 30.4 Å². The Morgan fingerprint density at radius 2 is 1.88 bits per heavy atom. The fourth-order valence-electron chi connectivity index (χ4n) is 3.33. The fourth-order valence-corrected chi connectivity index (χ4v) is 4.90. The Hall–Kier alpha value is -3.17. The van der Waals surface area contributed by atoms with E-state index in [1.165, 1.54) is 6.07 Å². The number of fused-ring (bicyclic) bond motifs is 1.